The Hall–Kier alpha value is -2.04. The fourth-order valence-electron chi connectivity index (χ4n) is 3.31. The van der Waals surface area contributed by atoms with Crippen LogP contribution in [-0.4, -0.2) is 20.6 Å². The number of carboxylic acids is 1. The summed E-state index contributed by atoms with van der Waals surface area (Å²) in [6.45, 7) is 0. The van der Waals surface area contributed by atoms with Crippen LogP contribution < -0.4 is 5.69 Å². The first-order valence-corrected chi connectivity index (χ1v) is 7.13. The summed E-state index contributed by atoms with van der Waals surface area (Å²) in [5.74, 6) is 0.179. The number of imidazole rings is 1. The zero-order valence-electron chi connectivity index (χ0n) is 11.0. The number of para-hydroxylation sites is 1. The van der Waals surface area contributed by atoms with Crippen molar-refractivity contribution in [3.63, 3.8) is 0 Å². The Morgan fingerprint density at radius 3 is 2.45 bits per heavy atom. The van der Waals surface area contributed by atoms with Gasteiger partial charge in [-0.15, -0.1) is 0 Å². The molecule has 5 heteroatoms. The molecule has 2 saturated carbocycles. The van der Waals surface area contributed by atoms with Crippen LogP contribution in [0.3, 0.4) is 0 Å². The van der Waals surface area contributed by atoms with E-state index in [-0.39, 0.29) is 17.3 Å². The zero-order valence-corrected chi connectivity index (χ0v) is 11.0. The summed E-state index contributed by atoms with van der Waals surface area (Å²) in [5.41, 5.74) is 1.19. The van der Waals surface area contributed by atoms with E-state index < -0.39 is 5.97 Å². The Bertz CT molecular complexity index is 738. The van der Waals surface area contributed by atoms with E-state index in [9.17, 15) is 14.7 Å². The number of aromatic carboxylic acids is 1. The van der Waals surface area contributed by atoms with Crippen LogP contribution in [0.15, 0.2) is 23.0 Å². The Morgan fingerprint density at radius 1 is 1.25 bits per heavy atom. The first kappa shape index (κ1) is 11.8. The van der Waals surface area contributed by atoms with Gasteiger partial charge < -0.3 is 10.1 Å². The normalized spacial score (nSPS) is 18.9. The van der Waals surface area contributed by atoms with Gasteiger partial charge in [0.2, 0.25) is 0 Å². The maximum atomic E-state index is 12.3. The van der Waals surface area contributed by atoms with E-state index in [0.29, 0.717) is 17.4 Å². The minimum atomic E-state index is -1.00. The van der Waals surface area contributed by atoms with Crippen LogP contribution in [0, 0.1) is 11.8 Å². The van der Waals surface area contributed by atoms with Crippen molar-refractivity contribution in [2.45, 2.75) is 31.7 Å². The Morgan fingerprint density at radius 2 is 1.90 bits per heavy atom. The van der Waals surface area contributed by atoms with Crippen molar-refractivity contribution in [3.8, 4) is 0 Å². The van der Waals surface area contributed by atoms with E-state index >= 15 is 0 Å². The lowest BCUT2D eigenvalue weighted by atomic mass is 10.1. The molecule has 20 heavy (non-hydrogen) atoms. The van der Waals surface area contributed by atoms with E-state index in [1.807, 2.05) is 10.6 Å². The first-order chi connectivity index (χ1) is 9.66. The third kappa shape index (κ3) is 1.69. The fraction of sp³-hybridized carbons (Fsp3) is 0.467. The summed E-state index contributed by atoms with van der Waals surface area (Å²) in [5, 5.41) is 9.23. The quantitative estimate of drug-likeness (QED) is 0.897. The van der Waals surface area contributed by atoms with Gasteiger partial charge in [-0.2, -0.15) is 0 Å². The molecule has 0 unspecified atom stereocenters. The van der Waals surface area contributed by atoms with E-state index in [4.69, 9.17) is 0 Å². The highest BCUT2D eigenvalue weighted by atomic mass is 16.4. The molecule has 2 N–H and O–H groups in total. The van der Waals surface area contributed by atoms with Gasteiger partial charge in [-0.1, -0.05) is 6.07 Å². The molecule has 1 aromatic carbocycles. The van der Waals surface area contributed by atoms with E-state index in [2.05, 4.69) is 4.98 Å². The summed E-state index contributed by atoms with van der Waals surface area (Å²) in [4.78, 5) is 26.3. The molecule has 1 heterocycles. The van der Waals surface area contributed by atoms with Crippen molar-refractivity contribution in [3.05, 3.63) is 34.2 Å². The van der Waals surface area contributed by atoms with Crippen molar-refractivity contribution < 1.29 is 9.90 Å². The zero-order chi connectivity index (χ0) is 13.9. The number of nitrogens with zero attached hydrogens (tertiary/aromatic N) is 1. The maximum Gasteiger partial charge on any atom is 0.337 e. The smallest absolute Gasteiger partial charge is 0.337 e. The van der Waals surface area contributed by atoms with Gasteiger partial charge >= 0.3 is 11.7 Å². The number of hydrogen-bond acceptors (Lipinski definition) is 2. The maximum absolute atomic E-state index is 12.3. The third-order valence-corrected chi connectivity index (χ3v) is 4.49. The number of aromatic amines is 1. The molecule has 0 atom stereocenters. The predicted octanol–water partition coefficient (Wildman–Crippen LogP) is 2.39. The minimum Gasteiger partial charge on any atom is -0.478 e. The molecular formula is C15H16N2O3. The van der Waals surface area contributed by atoms with Gasteiger partial charge in [-0.05, 0) is 49.7 Å². The number of aromatic nitrogens is 2. The third-order valence-electron chi connectivity index (χ3n) is 4.49. The Kier molecular flexibility index (Phi) is 2.34. The van der Waals surface area contributed by atoms with Crippen LogP contribution in [0.1, 0.15) is 42.1 Å². The lowest BCUT2D eigenvalue weighted by Crippen LogP contribution is -2.25. The number of H-pyrrole nitrogens is 1. The monoisotopic (exact) mass is 272 g/mol. The van der Waals surface area contributed by atoms with Crippen molar-refractivity contribution in [1.82, 2.24) is 9.55 Å². The predicted molar refractivity (Wildman–Crippen MR) is 74.0 cm³/mol. The molecule has 5 nitrogen and oxygen atoms in total. The van der Waals surface area contributed by atoms with Crippen LogP contribution in [0.4, 0.5) is 0 Å². The van der Waals surface area contributed by atoms with Crippen LogP contribution in [0.25, 0.3) is 11.0 Å². The molecule has 0 amide bonds. The van der Waals surface area contributed by atoms with Gasteiger partial charge in [-0.25, -0.2) is 9.59 Å². The summed E-state index contributed by atoms with van der Waals surface area (Å²) in [6.07, 6.45) is 4.72. The molecule has 104 valence electrons. The molecule has 0 aliphatic heterocycles. The Balaban J connectivity index is 1.95. The average molecular weight is 272 g/mol. The van der Waals surface area contributed by atoms with E-state index in [0.717, 1.165) is 5.52 Å². The minimum absolute atomic E-state index is 0.169. The van der Waals surface area contributed by atoms with Crippen molar-refractivity contribution in [1.29, 1.82) is 0 Å². The molecule has 0 radical (unpaired) electrons. The average Bonchev–Trinajstić information content (AvgIpc) is 3.30. The van der Waals surface area contributed by atoms with E-state index in [1.54, 1.807) is 6.07 Å². The van der Waals surface area contributed by atoms with Gasteiger partial charge in [0, 0.05) is 6.04 Å². The molecule has 2 aliphatic carbocycles. The van der Waals surface area contributed by atoms with Crippen LogP contribution >= 0.6 is 0 Å². The van der Waals surface area contributed by atoms with Crippen LogP contribution in [0.5, 0.6) is 0 Å². The number of carbonyl (C=O) groups is 1. The molecule has 0 bridgehead atoms. The number of fused-ring (bicyclic) bond motifs is 1. The number of benzene rings is 1. The SMILES string of the molecule is O=C(O)c1cccc2c1[nH]c(=O)n2C(C1CC1)C1CC1. The number of rotatable bonds is 4. The lowest BCUT2D eigenvalue weighted by Gasteiger charge is -2.17. The summed E-state index contributed by atoms with van der Waals surface area (Å²) in [6, 6.07) is 5.35. The second-order valence-electron chi connectivity index (χ2n) is 5.97. The summed E-state index contributed by atoms with van der Waals surface area (Å²) < 4.78 is 1.82. The van der Waals surface area contributed by atoms with Crippen LogP contribution in [0.2, 0.25) is 0 Å². The molecule has 1 aromatic heterocycles. The molecule has 0 spiro atoms. The van der Waals surface area contributed by atoms with Crippen LogP contribution in [-0.2, 0) is 0 Å². The van der Waals surface area contributed by atoms with Gasteiger partial charge in [-0.3, -0.25) is 4.57 Å². The van der Waals surface area contributed by atoms with Gasteiger partial charge in [0.15, 0.2) is 0 Å². The standard InChI is InChI=1S/C15H16N2O3/c18-14(19)10-2-1-3-11-12(10)16-15(20)17(11)13(8-4-5-8)9-6-7-9/h1-3,8-9,13H,4-7H2,(H,16,20)(H,18,19). The number of hydrogen-bond donors (Lipinski definition) is 2. The topological polar surface area (TPSA) is 75.1 Å². The lowest BCUT2D eigenvalue weighted by molar-refractivity contribution is 0.0699. The van der Waals surface area contributed by atoms with Gasteiger partial charge in [0.05, 0.1) is 16.6 Å². The number of nitrogens with one attached hydrogen (secondary N) is 1. The van der Waals surface area contributed by atoms with Gasteiger partial charge in [0.1, 0.15) is 0 Å². The second kappa shape index (κ2) is 3.98. The molecule has 0 saturated heterocycles. The largest absolute Gasteiger partial charge is 0.478 e. The molecule has 2 fully saturated rings. The van der Waals surface area contributed by atoms with Gasteiger partial charge in [0.25, 0.3) is 0 Å². The van der Waals surface area contributed by atoms with Crippen molar-refractivity contribution in [2.75, 3.05) is 0 Å². The fourth-order valence-corrected chi connectivity index (χ4v) is 3.31. The molecule has 2 aliphatic rings. The highest BCUT2D eigenvalue weighted by molar-refractivity contribution is 6.00. The summed E-state index contributed by atoms with van der Waals surface area (Å²) >= 11 is 0. The second-order valence-corrected chi connectivity index (χ2v) is 5.97. The van der Waals surface area contributed by atoms with Crippen molar-refractivity contribution >= 4 is 17.0 Å². The first-order valence-electron chi connectivity index (χ1n) is 7.13. The van der Waals surface area contributed by atoms with E-state index in [1.165, 1.54) is 31.7 Å². The highest BCUT2D eigenvalue weighted by Gasteiger charge is 2.43. The molecule has 2 aromatic rings. The highest BCUT2D eigenvalue weighted by Crippen LogP contribution is 2.52. The summed E-state index contributed by atoms with van der Waals surface area (Å²) in [7, 11) is 0. The Labute approximate surface area is 115 Å². The number of carboxylic acid groups (broad SMARTS) is 1. The molecular weight excluding hydrogens is 256 g/mol. The molecule has 4 rings (SSSR count). The van der Waals surface area contributed by atoms with Crippen molar-refractivity contribution in [2.24, 2.45) is 11.8 Å².